The van der Waals surface area contributed by atoms with Crippen molar-refractivity contribution in [3.05, 3.63) is 30.0 Å². The lowest BCUT2D eigenvalue weighted by Crippen LogP contribution is -2.14. The van der Waals surface area contributed by atoms with Crippen LogP contribution in [0.2, 0.25) is 0 Å². The van der Waals surface area contributed by atoms with Gasteiger partial charge in [-0.15, -0.1) is 0 Å². The molecule has 0 saturated heterocycles. The summed E-state index contributed by atoms with van der Waals surface area (Å²) in [7, 11) is 1.59. The van der Waals surface area contributed by atoms with Gasteiger partial charge in [0.05, 0.1) is 20.0 Å². The molecule has 2 aromatic rings. The molecule has 5 nitrogen and oxygen atoms in total. The smallest absolute Gasteiger partial charge is 0.404 e. The third-order valence-electron chi connectivity index (χ3n) is 2.47. The summed E-state index contributed by atoms with van der Waals surface area (Å²) < 4.78 is 15.2. The normalized spacial score (nSPS) is 10.4. The van der Waals surface area contributed by atoms with Gasteiger partial charge in [-0.2, -0.15) is 0 Å². The van der Waals surface area contributed by atoms with Crippen molar-refractivity contribution in [2.75, 3.05) is 13.7 Å². The highest BCUT2D eigenvalue weighted by Crippen LogP contribution is 2.27. The van der Waals surface area contributed by atoms with Gasteiger partial charge in [0.2, 0.25) is 0 Å². The number of primary amides is 1. The van der Waals surface area contributed by atoms with E-state index in [4.69, 9.17) is 19.6 Å². The number of benzene rings is 1. The Morgan fingerprint density at radius 3 is 3.00 bits per heavy atom. The van der Waals surface area contributed by atoms with E-state index in [1.54, 1.807) is 13.4 Å². The number of furan rings is 1. The van der Waals surface area contributed by atoms with E-state index in [-0.39, 0.29) is 6.61 Å². The Labute approximate surface area is 98.1 Å². The van der Waals surface area contributed by atoms with E-state index >= 15 is 0 Å². The molecular weight excluding hydrogens is 222 g/mol. The summed E-state index contributed by atoms with van der Waals surface area (Å²) in [5, 5.41) is 0.986. The summed E-state index contributed by atoms with van der Waals surface area (Å²) in [6.45, 7) is 0.231. The molecule has 0 radical (unpaired) electrons. The van der Waals surface area contributed by atoms with Crippen LogP contribution in [0.3, 0.4) is 0 Å². The molecule has 1 heterocycles. The summed E-state index contributed by atoms with van der Waals surface area (Å²) in [5.74, 6) is 0.709. The van der Waals surface area contributed by atoms with Crippen LogP contribution in [0.25, 0.3) is 11.0 Å². The predicted octanol–water partition coefficient (Wildman–Crippen LogP) is 2.08. The fraction of sp³-hybridized carbons (Fsp3) is 0.250. The Morgan fingerprint density at radius 1 is 1.47 bits per heavy atom. The molecule has 0 unspecified atom stereocenters. The predicted molar refractivity (Wildman–Crippen MR) is 62.0 cm³/mol. The number of hydrogen-bond acceptors (Lipinski definition) is 4. The number of methoxy groups -OCH3 is 1. The summed E-state index contributed by atoms with van der Waals surface area (Å²) in [5.41, 5.74) is 6.61. The standard InChI is InChI=1S/C12H13NO4/c1-15-10-7-11-9(2-4-16-11)6-8(10)3-5-17-12(13)14/h2,4,6-7H,3,5H2,1H3,(H2,13,14). The second-order valence-electron chi connectivity index (χ2n) is 3.54. The maximum atomic E-state index is 10.5. The molecule has 0 aliphatic rings. The first-order valence-electron chi connectivity index (χ1n) is 5.17. The van der Waals surface area contributed by atoms with Gasteiger partial charge in [-0.05, 0) is 17.7 Å². The number of fused-ring (bicyclic) bond motifs is 1. The Hall–Kier alpha value is -2.17. The zero-order chi connectivity index (χ0) is 12.3. The Balaban J connectivity index is 2.21. The molecule has 0 bridgehead atoms. The van der Waals surface area contributed by atoms with Crippen molar-refractivity contribution >= 4 is 17.1 Å². The number of carbonyl (C=O) groups excluding carboxylic acids is 1. The molecule has 17 heavy (non-hydrogen) atoms. The minimum atomic E-state index is -0.770. The van der Waals surface area contributed by atoms with Gasteiger partial charge in [-0.1, -0.05) is 0 Å². The van der Waals surface area contributed by atoms with Crippen LogP contribution in [0.5, 0.6) is 5.75 Å². The molecule has 1 amide bonds. The van der Waals surface area contributed by atoms with Gasteiger partial charge in [0, 0.05) is 17.9 Å². The largest absolute Gasteiger partial charge is 0.496 e. The molecule has 90 valence electrons. The number of carbonyl (C=O) groups is 1. The average molecular weight is 235 g/mol. The lowest BCUT2D eigenvalue weighted by molar-refractivity contribution is 0.158. The number of ether oxygens (including phenoxy) is 2. The molecule has 1 aromatic carbocycles. The summed E-state index contributed by atoms with van der Waals surface area (Å²) in [6.07, 6.45) is 1.40. The number of nitrogens with two attached hydrogens (primary N) is 1. The van der Waals surface area contributed by atoms with E-state index in [0.717, 1.165) is 16.5 Å². The highest BCUT2D eigenvalue weighted by atomic mass is 16.5. The molecular formula is C12H13NO4. The van der Waals surface area contributed by atoms with Crippen LogP contribution >= 0.6 is 0 Å². The highest BCUT2D eigenvalue weighted by molar-refractivity contribution is 5.80. The van der Waals surface area contributed by atoms with Crippen molar-refractivity contribution in [3.63, 3.8) is 0 Å². The van der Waals surface area contributed by atoms with Gasteiger partial charge in [0.15, 0.2) is 0 Å². The number of rotatable bonds is 4. The van der Waals surface area contributed by atoms with Crippen LogP contribution in [-0.4, -0.2) is 19.8 Å². The summed E-state index contributed by atoms with van der Waals surface area (Å²) >= 11 is 0. The highest BCUT2D eigenvalue weighted by Gasteiger charge is 2.08. The molecule has 1 aromatic heterocycles. The molecule has 5 heteroatoms. The van der Waals surface area contributed by atoms with Crippen molar-refractivity contribution in [3.8, 4) is 5.75 Å². The van der Waals surface area contributed by atoms with Crippen LogP contribution in [0.4, 0.5) is 4.79 Å². The van der Waals surface area contributed by atoms with Crippen LogP contribution in [0.15, 0.2) is 28.9 Å². The van der Waals surface area contributed by atoms with Crippen molar-refractivity contribution in [1.82, 2.24) is 0 Å². The first-order chi connectivity index (χ1) is 8.20. The lowest BCUT2D eigenvalue weighted by Gasteiger charge is -2.08. The fourth-order valence-electron chi connectivity index (χ4n) is 1.68. The van der Waals surface area contributed by atoms with Gasteiger partial charge >= 0.3 is 6.09 Å². The molecule has 0 saturated carbocycles. The van der Waals surface area contributed by atoms with Crippen molar-refractivity contribution in [1.29, 1.82) is 0 Å². The van der Waals surface area contributed by atoms with Crippen molar-refractivity contribution < 1.29 is 18.7 Å². The molecule has 0 atom stereocenters. The Morgan fingerprint density at radius 2 is 2.29 bits per heavy atom. The molecule has 0 aliphatic carbocycles. The van der Waals surface area contributed by atoms with E-state index in [1.165, 1.54) is 0 Å². The minimum Gasteiger partial charge on any atom is -0.496 e. The van der Waals surface area contributed by atoms with E-state index < -0.39 is 6.09 Å². The third kappa shape index (κ3) is 2.50. The topological polar surface area (TPSA) is 74.7 Å². The van der Waals surface area contributed by atoms with Gasteiger partial charge in [-0.25, -0.2) is 4.79 Å². The van der Waals surface area contributed by atoms with E-state index in [9.17, 15) is 4.79 Å². The van der Waals surface area contributed by atoms with Gasteiger partial charge in [0.1, 0.15) is 11.3 Å². The van der Waals surface area contributed by atoms with Crippen LogP contribution in [0.1, 0.15) is 5.56 Å². The van der Waals surface area contributed by atoms with Crippen LogP contribution in [0, 0.1) is 0 Å². The van der Waals surface area contributed by atoms with Crippen molar-refractivity contribution in [2.45, 2.75) is 6.42 Å². The zero-order valence-corrected chi connectivity index (χ0v) is 9.43. The number of hydrogen-bond donors (Lipinski definition) is 1. The first kappa shape index (κ1) is 11.3. The fourth-order valence-corrected chi connectivity index (χ4v) is 1.68. The summed E-state index contributed by atoms with van der Waals surface area (Å²) in [4.78, 5) is 10.5. The second kappa shape index (κ2) is 4.78. The van der Waals surface area contributed by atoms with Gasteiger partial charge in [-0.3, -0.25) is 0 Å². The molecule has 2 rings (SSSR count). The summed E-state index contributed by atoms with van der Waals surface area (Å²) in [6, 6.07) is 5.63. The van der Waals surface area contributed by atoms with Crippen LogP contribution in [-0.2, 0) is 11.2 Å². The van der Waals surface area contributed by atoms with E-state index in [0.29, 0.717) is 12.2 Å². The maximum absolute atomic E-state index is 10.5. The van der Waals surface area contributed by atoms with E-state index in [2.05, 4.69) is 0 Å². The first-order valence-corrected chi connectivity index (χ1v) is 5.17. The Kier molecular flexibility index (Phi) is 3.18. The average Bonchev–Trinajstić information content (AvgIpc) is 2.74. The number of amides is 1. The van der Waals surface area contributed by atoms with Gasteiger partial charge in [0.25, 0.3) is 0 Å². The molecule has 2 N–H and O–H groups in total. The van der Waals surface area contributed by atoms with E-state index in [1.807, 2.05) is 18.2 Å². The third-order valence-corrected chi connectivity index (χ3v) is 2.47. The van der Waals surface area contributed by atoms with Crippen molar-refractivity contribution in [2.24, 2.45) is 5.73 Å². The molecule has 0 fully saturated rings. The van der Waals surface area contributed by atoms with Gasteiger partial charge < -0.3 is 19.6 Å². The molecule has 0 aliphatic heterocycles. The minimum absolute atomic E-state index is 0.231. The zero-order valence-electron chi connectivity index (χ0n) is 9.43. The molecule has 0 spiro atoms. The lowest BCUT2D eigenvalue weighted by atomic mass is 10.1. The van der Waals surface area contributed by atoms with Crippen LogP contribution < -0.4 is 10.5 Å². The Bertz CT molecular complexity index is 532. The monoisotopic (exact) mass is 235 g/mol. The SMILES string of the molecule is COc1cc2occc2cc1CCOC(N)=O. The second-order valence-corrected chi connectivity index (χ2v) is 3.54. The maximum Gasteiger partial charge on any atom is 0.404 e. The quantitative estimate of drug-likeness (QED) is 0.880.